The van der Waals surface area contributed by atoms with Crippen LogP contribution in [0.15, 0.2) is 48.5 Å². The number of aryl methyl sites for hydroxylation is 1. The first kappa shape index (κ1) is 16.1. The quantitative estimate of drug-likeness (QED) is 0.861. The second kappa shape index (κ2) is 7.66. The summed E-state index contributed by atoms with van der Waals surface area (Å²) in [6.07, 6.45) is 0. The van der Waals surface area contributed by atoms with E-state index in [0.717, 1.165) is 5.75 Å². The van der Waals surface area contributed by atoms with Gasteiger partial charge in [-0.1, -0.05) is 42.0 Å². The molecule has 22 heavy (non-hydrogen) atoms. The zero-order valence-electron chi connectivity index (χ0n) is 12.3. The van der Waals surface area contributed by atoms with Crippen molar-refractivity contribution in [2.24, 2.45) is 5.73 Å². The summed E-state index contributed by atoms with van der Waals surface area (Å²) in [5.41, 5.74) is 8.46. The molecule has 0 bridgehead atoms. The summed E-state index contributed by atoms with van der Waals surface area (Å²) in [4.78, 5) is 23.3. The lowest BCUT2D eigenvalue weighted by molar-refractivity contribution is -0.113. The number of thioether (sulfide) groups is 1. The van der Waals surface area contributed by atoms with Gasteiger partial charge < -0.3 is 11.1 Å². The molecular formula is C17H18N2O2S. The minimum Gasteiger partial charge on any atom is -0.366 e. The normalized spacial score (nSPS) is 10.2. The minimum absolute atomic E-state index is 0.147. The average molecular weight is 314 g/mol. The predicted octanol–water partition coefficient (Wildman–Crippen LogP) is 2.97. The van der Waals surface area contributed by atoms with Crippen LogP contribution in [0.25, 0.3) is 0 Å². The van der Waals surface area contributed by atoms with E-state index in [1.54, 1.807) is 24.3 Å². The van der Waals surface area contributed by atoms with E-state index < -0.39 is 5.91 Å². The van der Waals surface area contributed by atoms with Gasteiger partial charge in [0.2, 0.25) is 5.91 Å². The van der Waals surface area contributed by atoms with Crippen LogP contribution < -0.4 is 11.1 Å². The predicted molar refractivity (Wildman–Crippen MR) is 90.9 cm³/mol. The molecule has 4 nitrogen and oxygen atoms in total. The number of primary amides is 1. The zero-order chi connectivity index (χ0) is 15.9. The first-order valence-electron chi connectivity index (χ1n) is 6.88. The first-order chi connectivity index (χ1) is 10.6. The largest absolute Gasteiger partial charge is 0.366 e. The van der Waals surface area contributed by atoms with Gasteiger partial charge in [-0.15, -0.1) is 11.8 Å². The number of hydrogen-bond donors (Lipinski definition) is 2. The fraction of sp³-hybridized carbons (Fsp3) is 0.176. The van der Waals surface area contributed by atoms with E-state index in [1.165, 1.54) is 22.9 Å². The summed E-state index contributed by atoms with van der Waals surface area (Å²) in [5.74, 6) is 0.391. The number of para-hydroxylation sites is 1. The second-order valence-electron chi connectivity index (χ2n) is 4.94. The maximum atomic E-state index is 12.0. The number of nitrogens with two attached hydrogens (primary N) is 1. The summed E-state index contributed by atoms with van der Waals surface area (Å²) in [6.45, 7) is 2.04. The van der Waals surface area contributed by atoms with Gasteiger partial charge in [0.05, 0.1) is 17.0 Å². The van der Waals surface area contributed by atoms with E-state index >= 15 is 0 Å². The highest BCUT2D eigenvalue weighted by atomic mass is 32.2. The lowest BCUT2D eigenvalue weighted by atomic mass is 10.1. The van der Waals surface area contributed by atoms with Gasteiger partial charge in [0.25, 0.3) is 5.91 Å². The van der Waals surface area contributed by atoms with Crippen LogP contribution >= 0.6 is 11.8 Å². The van der Waals surface area contributed by atoms with Crippen LogP contribution in [0.1, 0.15) is 21.5 Å². The Morgan fingerprint density at radius 2 is 1.91 bits per heavy atom. The molecule has 0 fully saturated rings. The molecule has 0 heterocycles. The molecule has 0 spiro atoms. The van der Waals surface area contributed by atoms with Gasteiger partial charge in [0.15, 0.2) is 0 Å². The molecule has 0 aliphatic rings. The minimum atomic E-state index is -0.552. The molecule has 2 amide bonds. The van der Waals surface area contributed by atoms with Crippen LogP contribution in [-0.2, 0) is 10.5 Å². The molecule has 0 aliphatic heterocycles. The van der Waals surface area contributed by atoms with Crippen LogP contribution in [0.2, 0.25) is 0 Å². The highest BCUT2D eigenvalue weighted by Gasteiger charge is 2.10. The van der Waals surface area contributed by atoms with Crippen LogP contribution in [0.3, 0.4) is 0 Å². The highest BCUT2D eigenvalue weighted by Crippen LogP contribution is 2.17. The lowest BCUT2D eigenvalue weighted by Gasteiger charge is -2.08. The van der Waals surface area contributed by atoms with Crippen LogP contribution in [0.4, 0.5) is 5.69 Å². The molecule has 0 unspecified atom stereocenters. The van der Waals surface area contributed by atoms with Crippen molar-refractivity contribution in [3.05, 3.63) is 65.2 Å². The molecule has 2 aromatic rings. The number of amides is 2. The molecular weight excluding hydrogens is 296 g/mol. The van der Waals surface area contributed by atoms with Crippen molar-refractivity contribution < 1.29 is 9.59 Å². The van der Waals surface area contributed by atoms with Crippen LogP contribution in [0.5, 0.6) is 0 Å². The van der Waals surface area contributed by atoms with Crippen molar-refractivity contribution in [1.82, 2.24) is 0 Å². The molecule has 0 saturated carbocycles. The molecule has 2 rings (SSSR count). The number of carbonyl (C=O) groups excluding carboxylic acids is 2. The van der Waals surface area contributed by atoms with E-state index in [-0.39, 0.29) is 5.91 Å². The van der Waals surface area contributed by atoms with Gasteiger partial charge in [-0.3, -0.25) is 9.59 Å². The standard InChI is InChI=1S/C17H18N2O2S/c1-12-5-4-6-13(9-12)10-22-11-16(20)19-15-8-3-2-7-14(15)17(18)21/h2-9H,10-11H2,1H3,(H2,18,21)(H,19,20). The third kappa shape index (κ3) is 4.63. The molecule has 5 heteroatoms. The maximum absolute atomic E-state index is 12.0. The molecule has 2 aromatic carbocycles. The Hall–Kier alpha value is -2.27. The van der Waals surface area contributed by atoms with E-state index in [1.807, 2.05) is 25.1 Å². The Bertz CT molecular complexity index is 686. The topological polar surface area (TPSA) is 72.2 Å². The number of hydrogen-bond acceptors (Lipinski definition) is 3. The fourth-order valence-electron chi connectivity index (χ4n) is 2.06. The molecule has 0 atom stereocenters. The monoisotopic (exact) mass is 314 g/mol. The van der Waals surface area contributed by atoms with Crippen molar-refractivity contribution in [3.63, 3.8) is 0 Å². The van der Waals surface area contributed by atoms with Crippen LogP contribution in [0, 0.1) is 6.92 Å². The van der Waals surface area contributed by atoms with Crippen molar-refractivity contribution >= 4 is 29.3 Å². The van der Waals surface area contributed by atoms with Gasteiger partial charge in [-0.2, -0.15) is 0 Å². The van der Waals surface area contributed by atoms with E-state index in [4.69, 9.17) is 5.73 Å². The summed E-state index contributed by atoms with van der Waals surface area (Å²) in [6, 6.07) is 14.9. The highest BCUT2D eigenvalue weighted by molar-refractivity contribution is 7.99. The van der Waals surface area contributed by atoms with Crippen molar-refractivity contribution in [2.75, 3.05) is 11.1 Å². The van der Waals surface area contributed by atoms with Gasteiger partial charge in [0.1, 0.15) is 0 Å². The molecule has 114 valence electrons. The number of benzene rings is 2. The third-order valence-electron chi connectivity index (χ3n) is 3.05. The van der Waals surface area contributed by atoms with Gasteiger partial charge in [0, 0.05) is 5.75 Å². The smallest absolute Gasteiger partial charge is 0.250 e. The van der Waals surface area contributed by atoms with Gasteiger partial charge >= 0.3 is 0 Å². The summed E-state index contributed by atoms with van der Waals surface area (Å²) in [7, 11) is 0. The Morgan fingerprint density at radius 1 is 1.14 bits per heavy atom. The molecule has 0 radical (unpaired) electrons. The molecule has 0 aromatic heterocycles. The molecule has 0 aliphatic carbocycles. The number of rotatable bonds is 6. The van der Waals surface area contributed by atoms with Gasteiger partial charge in [-0.05, 0) is 24.6 Å². The van der Waals surface area contributed by atoms with Crippen molar-refractivity contribution in [3.8, 4) is 0 Å². The fourth-order valence-corrected chi connectivity index (χ4v) is 2.83. The number of carbonyl (C=O) groups is 2. The van der Waals surface area contributed by atoms with Crippen LogP contribution in [-0.4, -0.2) is 17.6 Å². The Balaban J connectivity index is 1.87. The average Bonchev–Trinajstić information content (AvgIpc) is 2.47. The van der Waals surface area contributed by atoms with Crippen molar-refractivity contribution in [2.45, 2.75) is 12.7 Å². The summed E-state index contributed by atoms with van der Waals surface area (Å²) in [5, 5.41) is 2.73. The SMILES string of the molecule is Cc1cccc(CSCC(=O)Nc2ccccc2C(N)=O)c1. The first-order valence-corrected chi connectivity index (χ1v) is 8.03. The second-order valence-corrected chi connectivity index (χ2v) is 5.93. The Kier molecular flexibility index (Phi) is 5.61. The van der Waals surface area contributed by atoms with E-state index in [0.29, 0.717) is 17.0 Å². The summed E-state index contributed by atoms with van der Waals surface area (Å²) < 4.78 is 0. The Morgan fingerprint density at radius 3 is 2.64 bits per heavy atom. The van der Waals surface area contributed by atoms with Gasteiger partial charge in [-0.25, -0.2) is 0 Å². The Labute approximate surface area is 134 Å². The third-order valence-corrected chi connectivity index (χ3v) is 4.05. The molecule has 3 N–H and O–H groups in total. The zero-order valence-corrected chi connectivity index (χ0v) is 13.2. The summed E-state index contributed by atoms with van der Waals surface area (Å²) >= 11 is 1.53. The lowest BCUT2D eigenvalue weighted by Crippen LogP contribution is -2.19. The number of nitrogens with one attached hydrogen (secondary N) is 1. The molecule has 0 saturated heterocycles. The van der Waals surface area contributed by atoms with Crippen molar-refractivity contribution in [1.29, 1.82) is 0 Å². The van der Waals surface area contributed by atoms with E-state index in [2.05, 4.69) is 11.4 Å². The maximum Gasteiger partial charge on any atom is 0.250 e. The number of anilines is 1. The van der Waals surface area contributed by atoms with E-state index in [9.17, 15) is 9.59 Å².